The maximum atomic E-state index is 12.8. The number of aryl methyl sites for hydroxylation is 2. The van der Waals surface area contributed by atoms with E-state index in [-0.39, 0.29) is 16.0 Å². The van der Waals surface area contributed by atoms with E-state index in [1.165, 1.54) is 23.0 Å². The number of carbonyl (C=O) groups excluding carboxylic acids is 2. The second kappa shape index (κ2) is 10.3. The molecule has 0 aliphatic heterocycles. The summed E-state index contributed by atoms with van der Waals surface area (Å²) in [7, 11) is 1.59. The maximum Gasteiger partial charge on any atom is 0.280 e. The molecule has 2 heterocycles. The highest BCUT2D eigenvalue weighted by atomic mass is 32.1. The predicted molar refractivity (Wildman–Crippen MR) is 124 cm³/mol. The Hall–Kier alpha value is -3.60. The monoisotopic (exact) mass is 474 g/mol. The normalized spacial score (nSPS) is 10.7. The third kappa shape index (κ3) is 4.92. The molecule has 0 fully saturated rings. The highest BCUT2D eigenvalue weighted by Crippen LogP contribution is 2.39. The molecule has 0 saturated carbocycles. The van der Waals surface area contributed by atoms with Crippen LogP contribution >= 0.6 is 11.3 Å². The molecule has 2 aromatic heterocycles. The van der Waals surface area contributed by atoms with Crippen molar-refractivity contribution < 1.29 is 23.8 Å². The molecule has 2 amide bonds. The Kier molecular flexibility index (Phi) is 7.54. The van der Waals surface area contributed by atoms with Crippen LogP contribution in [0.5, 0.6) is 17.2 Å². The highest BCUT2D eigenvalue weighted by Gasteiger charge is 2.21. The van der Waals surface area contributed by atoms with Gasteiger partial charge < -0.3 is 18.8 Å². The molecule has 3 rings (SSSR count). The standard InChI is InChI=1S/C22H26N4O6S/c1-6-30-14-9-13(10-15(31-7-2)17(14)32-8-3)19(27)24-25-20(28)18-12(4)16-21(33-18)23-11-26(5)22(16)29/h9-11H,6-8H2,1-5H3,(H,24,27)(H,25,28). The van der Waals surface area contributed by atoms with Crippen LogP contribution in [0, 0.1) is 6.92 Å². The fraction of sp³-hybridized carbons (Fsp3) is 0.364. The fourth-order valence-electron chi connectivity index (χ4n) is 3.19. The lowest BCUT2D eigenvalue weighted by molar-refractivity contribution is 0.0848. The summed E-state index contributed by atoms with van der Waals surface area (Å²) < 4.78 is 18.2. The first-order chi connectivity index (χ1) is 15.8. The smallest absolute Gasteiger partial charge is 0.280 e. The van der Waals surface area contributed by atoms with E-state index in [0.717, 1.165) is 11.3 Å². The Morgan fingerprint density at radius 1 is 1.00 bits per heavy atom. The third-order valence-electron chi connectivity index (χ3n) is 4.68. The van der Waals surface area contributed by atoms with Gasteiger partial charge in [-0.1, -0.05) is 0 Å². The summed E-state index contributed by atoms with van der Waals surface area (Å²) in [5.41, 5.74) is 5.28. The zero-order chi connectivity index (χ0) is 24.1. The van der Waals surface area contributed by atoms with Crippen LogP contribution in [0.15, 0.2) is 23.3 Å². The van der Waals surface area contributed by atoms with E-state index in [9.17, 15) is 14.4 Å². The zero-order valence-corrected chi connectivity index (χ0v) is 19.9. The van der Waals surface area contributed by atoms with Crippen molar-refractivity contribution in [2.75, 3.05) is 19.8 Å². The summed E-state index contributed by atoms with van der Waals surface area (Å²) in [6.45, 7) is 8.28. The summed E-state index contributed by atoms with van der Waals surface area (Å²) in [6, 6.07) is 3.05. The van der Waals surface area contributed by atoms with Gasteiger partial charge >= 0.3 is 0 Å². The maximum absolute atomic E-state index is 12.8. The van der Waals surface area contributed by atoms with E-state index in [1.54, 1.807) is 14.0 Å². The van der Waals surface area contributed by atoms with Gasteiger partial charge in [0.25, 0.3) is 17.4 Å². The highest BCUT2D eigenvalue weighted by molar-refractivity contribution is 7.20. The quantitative estimate of drug-likeness (QED) is 0.481. The van der Waals surface area contributed by atoms with E-state index in [2.05, 4.69) is 15.8 Å². The van der Waals surface area contributed by atoms with E-state index < -0.39 is 11.8 Å². The Morgan fingerprint density at radius 2 is 1.58 bits per heavy atom. The average Bonchev–Trinajstić information content (AvgIpc) is 3.13. The first kappa shape index (κ1) is 24.1. The molecule has 33 heavy (non-hydrogen) atoms. The Balaban J connectivity index is 1.84. The number of hydrogen-bond donors (Lipinski definition) is 2. The molecule has 0 bridgehead atoms. The van der Waals surface area contributed by atoms with Crippen molar-refractivity contribution in [1.82, 2.24) is 20.4 Å². The Labute approximate surface area is 194 Å². The van der Waals surface area contributed by atoms with Gasteiger partial charge in [-0.3, -0.25) is 25.2 Å². The molecule has 2 N–H and O–H groups in total. The Morgan fingerprint density at radius 3 is 2.15 bits per heavy atom. The molecule has 0 saturated heterocycles. The zero-order valence-electron chi connectivity index (χ0n) is 19.1. The lowest BCUT2D eigenvalue weighted by Crippen LogP contribution is -2.41. The number of thiophene rings is 1. The minimum absolute atomic E-state index is 0.217. The summed E-state index contributed by atoms with van der Waals surface area (Å²) in [4.78, 5) is 42.8. The summed E-state index contributed by atoms with van der Waals surface area (Å²) in [5.74, 6) is 0.0258. The van der Waals surface area contributed by atoms with Crippen molar-refractivity contribution in [3.05, 3.63) is 44.8 Å². The van der Waals surface area contributed by atoms with Gasteiger partial charge in [0.05, 0.1) is 36.4 Å². The van der Waals surface area contributed by atoms with Gasteiger partial charge in [-0.25, -0.2) is 4.98 Å². The summed E-state index contributed by atoms with van der Waals surface area (Å²) in [6.07, 6.45) is 1.40. The van der Waals surface area contributed by atoms with Gasteiger partial charge in [-0.15, -0.1) is 11.3 Å². The molecule has 3 aromatic rings. The molecule has 1 aromatic carbocycles. The molecular formula is C22H26N4O6S. The lowest BCUT2D eigenvalue weighted by Gasteiger charge is -2.17. The van der Waals surface area contributed by atoms with Gasteiger partial charge in [0.15, 0.2) is 11.5 Å². The Bertz CT molecular complexity index is 1220. The van der Waals surface area contributed by atoms with Gasteiger partial charge in [0.1, 0.15) is 4.83 Å². The van der Waals surface area contributed by atoms with Gasteiger partial charge in [0, 0.05) is 12.6 Å². The first-order valence-corrected chi connectivity index (χ1v) is 11.3. The number of hydrazine groups is 1. The number of ether oxygens (including phenoxy) is 3. The van der Waals surface area contributed by atoms with Gasteiger partial charge in [0.2, 0.25) is 5.75 Å². The van der Waals surface area contributed by atoms with Crippen LogP contribution in [0.4, 0.5) is 0 Å². The predicted octanol–water partition coefficient (Wildman–Crippen LogP) is 2.57. The molecule has 0 radical (unpaired) electrons. The number of carbonyl (C=O) groups is 2. The molecular weight excluding hydrogens is 448 g/mol. The number of rotatable bonds is 8. The van der Waals surface area contributed by atoms with Crippen molar-refractivity contribution in [2.45, 2.75) is 27.7 Å². The summed E-state index contributed by atoms with van der Waals surface area (Å²) in [5, 5.41) is 0.385. The average molecular weight is 475 g/mol. The van der Waals surface area contributed by atoms with E-state index in [1.807, 2.05) is 20.8 Å². The second-order valence-corrected chi connectivity index (χ2v) is 7.90. The minimum Gasteiger partial charge on any atom is -0.490 e. The molecule has 0 spiro atoms. The van der Waals surface area contributed by atoms with Crippen molar-refractivity contribution in [1.29, 1.82) is 0 Å². The van der Waals surface area contributed by atoms with Crippen LogP contribution in [-0.4, -0.2) is 41.2 Å². The van der Waals surface area contributed by atoms with E-state index in [0.29, 0.717) is 52.8 Å². The van der Waals surface area contributed by atoms with Crippen LogP contribution in [0.25, 0.3) is 10.2 Å². The molecule has 0 atom stereocenters. The van der Waals surface area contributed by atoms with Crippen LogP contribution in [0.1, 0.15) is 46.4 Å². The number of aromatic nitrogens is 2. The number of hydrogen-bond acceptors (Lipinski definition) is 8. The van der Waals surface area contributed by atoms with Crippen LogP contribution < -0.4 is 30.6 Å². The van der Waals surface area contributed by atoms with Gasteiger partial charge in [-0.05, 0) is 45.4 Å². The molecule has 11 heteroatoms. The summed E-state index contributed by atoms with van der Waals surface area (Å²) >= 11 is 1.08. The van der Waals surface area contributed by atoms with E-state index in [4.69, 9.17) is 14.2 Å². The lowest BCUT2D eigenvalue weighted by atomic mass is 10.1. The van der Waals surface area contributed by atoms with Crippen molar-refractivity contribution in [3.63, 3.8) is 0 Å². The molecule has 0 aliphatic rings. The second-order valence-electron chi connectivity index (χ2n) is 6.91. The molecule has 0 aliphatic carbocycles. The van der Waals surface area contributed by atoms with Gasteiger partial charge in [-0.2, -0.15) is 0 Å². The number of nitrogens with one attached hydrogen (secondary N) is 2. The van der Waals surface area contributed by atoms with Crippen molar-refractivity contribution >= 4 is 33.4 Å². The molecule has 0 unspecified atom stereocenters. The minimum atomic E-state index is -0.568. The number of benzene rings is 1. The van der Waals surface area contributed by atoms with Crippen LogP contribution in [-0.2, 0) is 7.05 Å². The van der Waals surface area contributed by atoms with E-state index >= 15 is 0 Å². The topological polar surface area (TPSA) is 121 Å². The van der Waals surface area contributed by atoms with Crippen molar-refractivity contribution in [2.24, 2.45) is 7.05 Å². The fourth-order valence-corrected chi connectivity index (χ4v) is 4.22. The van der Waals surface area contributed by atoms with Crippen LogP contribution in [0.2, 0.25) is 0 Å². The molecule has 10 nitrogen and oxygen atoms in total. The van der Waals surface area contributed by atoms with Crippen molar-refractivity contribution in [3.8, 4) is 17.2 Å². The number of amides is 2. The number of nitrogens with zero attached hydrogens (tertiary/aromatic N) is 2. The SMILES string of the molecule is CCOc1cc(C(=O)NNC(=O)c2sc3ncn(C)c(=O)c3c2C)cc(OCC)c1OCC. The largest absolute Gasteiger partial charge is 0.490 e. The molecule has 176 valence electrons. The first-order valence-electron chi connectivity index (χ1n) is 10.4. The van der Waals surface area contributed by atoms with Crippen LogP contribution in [0.3, 0.4) is 0 Å². The third-order valence-corrected chi connectivity index (χ3v) is 5.88. The number of fused-ring (bicyclic) bond motifs is 1.